The normalized spacial score (nSPS) is 28.3. The van der Waals surface area contributed by atoms with E-state index in [1.165, 1.54) is 0 Å². The van der Waals surface area contributed by atoms with Crippen molar-refractivity contribution in [1.29, 1.82) is 0 Å². The topological polar surface area (TPSA) is 177 Å². The van der Waals surface area contributed by atoms with E-state index in [9.17, 15) is 19.8 Å². The first-order valence-corrected chi connectivity index (χ1v) is 6.33. The van der Waals surface area contributed by atoms with Crippen LogP contribution in [0.25, 0.3) is 11.2 Å². The maximum atomic E-state index is 12.1. The number of rotatable bonds is 2. The first kappa shape index (κ1) is 14.6. The Kier molecular flexibility index (Phi) is 3.41. The molecule has 1 aliphatic rings. The average Bonchev–Trinajstić information content (AvgIpc) is 2.74. The van der Waals surface area contributed by atoms with Gasteiger partial charge >= 0.3 is 0 Å². The lowest BCUT2D eigenvalue weighted by molar-refractivity contribution is -0.0525. The van der Waals surface area contributed by atoms with Gasteiger partial charge in [-0.1, -0.05) is 0 Å². The van der Waals surface area contributed by atoms with Gasteiger partial charge in [-0.05, 0) is 0 Å². The van der Waals surface area contributed by atoms with Crippen LogP contribution in [-0.2, 0) is 4.74 Å². The molecule has 2 aromatic heterocycles. The molecule has 0 spiro atoms. The lowest BCUT2D eigenvalue weighted by Crippen LogP contribution is -2.36. The van der Waals surface area contributed by atoms with Gasteiger partial charge in [0.1, 0.15) is 18.3 Å². The van der Waals surface area contributed by atoms with E-state index in [0.29, 0.717) is 0 Å². The van der Waals surface area contributed by atoms with Gasteiger partial charge in [0, 0.05) is 0 Å². The molecule has 11 nitrogen and oxygen atoms in total. The average molecular weight is 311 g/mol. The van der Waals surface area contributed by atoms with Gasteiger partial charge in [0.2, 0.25) is 5.95 Å². The Morgan fingerprint density at radius 3 is 2.73 bits per heavy atom. The highest BCUT2D eigenvalue weighted by atomic mass is 16.6. The number of anilines is 1. The molecule has 0 aromatic carbocycles. The van der Waals surface area contributed by atoms with Gasteiger partial charge in [0.05, 0.1) is 12.8 Å². The van der Waals surface area contributed by atoms with Crippen LogP contribution in [0.4, 0.5) is 5.95 Å². The third-order valence-corrected chi connectivity index (χ3v) is 3.44. The highest BCUT2D eigenvalue weighted by molar-refractivity contribution is 5.69. The second kappa shape index (κ2) is 5.14. The minimum atomic E-state index is -1.50. The first-order chi connectivity index (χ1) is 10.4. The molecule has 1 saturated heterocycles. The molecule has 3 rings (SSSR count). The summed E-state index contributed by atoms with van der Waals surface area (Å²) in [5.41, 5.74) is 3.72. The van der Waals surface area contributed by atoms with Crippen LogP contribution in [0, 0.1) is 0 Å². The molecule has 11 heteroatoms. The predicted molar refractivity (Wildman–Crippen MR) is 71.8 cm³/mol. The van der Waals surface area contributed by atoms with Crippen molar-refractivity contribution in [2.75, 3.05) is 12.3 Å². The van der Waals surface area contributed by atoms with Crippen molar-refractivity contribution in [2.24, 2.45) is 0 Å². The molecule has 3 heterocycles. The Morgan fingerprint density at radius 2 is 2.09 bits per heavy atom. The summed E-state index contributed by atoms with van der Waals surface area (Å²) in [6.07, 6.45) is -4.44. The number of nitrogens with two attached hydrogens (primary N) is 1. The summed E-state index contributed by atoms with van der Waals surface area (Å²) in [4.78, 5) is 33.6. The molecule has 0 unspecified atom stereocenters. The number of hydrogen-bond donors (Lipinski definition) is 5. The van der Waals surface area contributed by atoms with Crippen molar-refractivity contribution in [3.8, 4) is 0 Å². The maximum Gasteiger partial charge on any atom is 0.280 e. The number of hydrogen-bond acceptors (Lipinski definition) is 9. The molecule has 118 valence electrons. The van der Waals surface area contributed by atoms with Crippen LogP contribution < -0.4 is 16.9 Å². The number of ether oxygens (including phenoxy) is 1. The Labute approximate surface area is 121 Å². The minimum Gasteiger partial charge on any atom is -0.394 e. The van der Waals surface area contributed by atoms with Crippen LogP contribution in [0.2, 0.25) is 0 Å². The van der Waals surface area contributed by atoms with E-state index >= 15 is 0 Å². The Morgan fingerprint density at radius 1 is 1.36 bits per heavy atom. The molecule has 4 atom stereocenters. The van der Waals surface area contributed by atoms with Crippen LogP contribution in [-0.4, -0.2) is 59.8 Å². The molecule has 0 radical (unpaired) electrons. The van der Waals surface area contributed by atoms with E-state index in [-0.39, 0.29) is 17.1 Å². The number of aliphatic hydroxyl groups excluding tert-OH is 3. The van der Waals surface area contributed by atoms with E-state index in [4.69, 9.17) is 15.6 Å². The third kappa shape index (κ3) is 2.07. The predicted octanol–water partition coefficient (Wildman–Crippen LogP) is -3.33. The van der Waals surface area contributed by atoms with E-state index in [0.717, 1.165) is 10.8 Å². The van der Waals surface area contributed by atoms with Gasteiger partial charge in [-0.15, -0.1) is 0 Å². The molecule has 1 aliphatic heterocycles. The van der Waals surface area contributed by atoms with Crippen LogP contribution in [0.3, 0.4) is 0 Å². The van der Waals surface area contributed by atoms with Crippen molar-refractivity contribution >= 4 is 17.1 Å². The Balaban J connectivity index is 2.25. The largest absolute Gasteiger partial charge is 0.394 e. The van der Waals surface area contributed by atoms with Gasteiger partial charge in [-0.3, -0.25) is 19.1 Å². The van der Waals surface area contributed by atoms with Crippen molar-refractivity contribution in [3.05, 3.63) is 26.9 Å². The summed E-state index contributed by atoms with van der Waals surface area (Å²) in [6.45, 7) is -0.553. The summed E-state index contributed by atoms with van der Waals surface area (Å²) in [6, 6.07) is 0. The van der Waals surface area contributed by atoms with E-state index in [1.807, 2.05) is 0 Å². The molecule has 0 aliphatic carbocycles. The quantitative estimate of drug-likeness (QED) is 0.379. The highest BCUT2D eigenvalue weighted by Crippen LogP contribution is 2.29. The van der Waals surface area contributed by atoms with Crippen LogP contribution in [0.5, 0.6) is 0 Å². The van der Waals surface area contributed by atoms with Crippen molar-refractivity contribution in [2.45, 2.75) is 24.5 Å². The van der Waals surface area contributed by atoms with Gasteiger partial charge in [0.15, 0.2) is 17.4 Å². The number of nitrogen functional groups attached to an aromatic ring is 1. The second-order valence-corrected chi connectivity index (χ2v) is 4.82. The molecule has 2 aromatic rings. The molecule has 0 amide bonds. The SMILES string of the molecule is Nc1nc2c(ncc(=O)n2[C@@H]2O[C@H](CO)[C@@H](O)[C@H]2O)c(=O)[nH]1. The third-order valence-electron chi connectivity index (χ3n) is 3.44. The standard InChI is InChI=1S/C11H13N5O6/c12-11-14-8-5(9(21)15-11)13-1-4(18)16(8)10-7(20)6(19)3(2-17)22-10/h1,3,6-7,10,17,19-20H,2H2,(H3,12,14,15,21)/t3-,6-,7-,10-/m1/s1. The number of nitrogens with zero attached hydrogens (tertiary/aromatic N) is 3. The molecular formula is C11H13N5O6. The Hall–Kier alpha value is -2.34. The molecule has 22 heavy (non-hydrogen) atoms. The lowest BCUT2D eigenvalue weighted by atomic mass is 10.1. The van der Waals surface area contributed by atoms with Gasteiger partial charge in [-0.2, -0.15) is 4.98 Å². The van der Waals surface area contributed by atoms with Gasteiger partial charge in [-0.25, -0.2) is 4.98 Å². The zero-order valence-electron chi connectivity index (χ0n) is 11.1. The number of nitrogens with one attached hydrogen (secondary N) is 1. The number of H-pyrrole nitrogens is 1. The number of aromatic nitrogens is 4. The summed E-state index contributed by atoms with van der Waals surface area (Å²) >= 11 is 0. The Bertz CT molecular complexity index is 832. The molecule has 6 N–H and O–H groups in total. The molecule has 1 fully saturated rings. The summed E-state index contributed by atoms with van der Waals surface area (Å²) in [7, 11) is 0. The minimum absolute atomic E-state index is 0.175. The molecule has 0 saturated carbocycles. The fourth-order valence-electron chi connectivity index (χ4n) is 2.38. The van der Waals surface area contributed by atoms with E-state index < -0.39 is 42.3 Å². The number of aliphatic hydroxyl groups is 3. The van der Waals surface area contributed by atoms with Crippen LogP contribution >= 0.6 is 0 Å². The molecular weight excluding hydrogens is 298 g/mol. The van der Waals surface area contributed by atoms with E-state index in [2.05, 4.69) is 15.0 Å². The van der Waals surface area contributed by atoms with Crippen molar-refractivity contribution in [1.82, 2.24) is 19.5 Å². The fraction of sp³-hybridized carbons (Fsp3) is 0.455. The summed E-state index contributed by atoms with van der Waals surface area (Å²) in [5.74, 6) is -0.245. The number of fused-ring (bicyclic) bond motifs is 1. The summed E-state index contributed by atoms with van der Waals surface area (Å²) < 4.78 is 6.15. The zero-order chi connectivity index (χ0) is 16.0. The van der Waals surface area contributed by atoms with Gasteiger partial charge in [0.25, 0.3) is 11.1 Å². The smallest absolute Gasteiger partial charge is 0.280 e. The fourth-order valence-corrected chi connectivity index (χ4v) is 2.38. The lowest BCUT2D eigenvalue weighted by Gasteiger charge is -2.18. The van der Waals surface area contributed by atoms with Gasteiger partial charge < -0.3 is 25.8 Å². The van der Waals surface area contributed by atoms with Crippen LogP contribution in [0.1, 0.15) is 6.23 Å². The number of aromatic amines is 1. The monoisotopic (exact) mass is 311 g/mol. The van der Waals surface area contributed by atoms with E-state index in [1.54, 1.807) is 0 Å². The van der Waals surface area contributed by atoms with Crippen LogP contribution in [0.15, 0.2) is 15.8 Å². The molecule has 0 bridgehead atoms. The first-order valence-electron chi connectivity index (χ1n) is 6.33. The van der Waals surface area contributed by atoms with Crippen molar-refractivity contribution in [3.63, 3.8) is 0 Å². The maximum absolute atomic E-state index is 12.1. The second-order valence-electron chi connectivity index (χ2n) is 4.82. The zero-order valence-corrected chi connectivity index (χ0v) is 11.1. The summed E-state index contributed by atoms with van der Waals surface area (Å²) in [5, 5.41) is 28.9. The highest BCUT2D eigenvalue weighted by Gasteiger charge is 2.44. The van der Waals surface area contributed by atoms with Crippen molar-refractivity contribution < 1.29 is 20.1 Å².